The van der Waals surface area contributed by atoms with E-state index in [4.69, 9.17) is 9.26 Å². The van der Waals surface area contributed by atoms with E-state index < -0.39 is 0 Å². The van der Waals surface area contributed by atoms with Crippen molar-refractivity contribution in [3.8, 4) is 0 Å². The number of methoxy groups -OCH3 is 1. The second-order valence-corrected chi connectivity index (χ2v) is 6.19. The lowest BCUT2D eigenvalue weighted by Gasteiger charge is -2.27. The predicted molar refractivity (Wildman–Crippen MR) is 77.4 cm³/mol. The molecule has 5 nitrogen and oxygen atoms in total. The van der Waals surface area contributed by atoms with E-state index in [2.05, 4.69) is 36.2 Å². The maximum absolute atomic E-state index is 5.83. The number of aromatic nitrogens is 2. The molecule has 0 radical (unpaired) electrons. The molecule has 1 aromatic rings. The Morgan fingerprint density at radius 2 is 1.90 bits per heavy atom. The lowest BCUT2D eigenvalue weighted by atomic mass is 9.93. The van der Waals surface area contributed by atoms with Gasteiger partial charge in [-0.2, -0.15) is 4.98 Å². The van der Waals surface area contributed by atoms with Gasteiger partial charge in [0.05, 0.1) is 5.54 Å². The predicted octanol–water partition coefficient (Wildman–Crippen LogP) is 3.11. The summed E-state index contributed by atoms with van der Waals surface area (Å²) in [4.78, 5) is 4.64. The molecule has 0 bridgehead atoms. The fraction of sp³-hybridized carbons (Fsp3) is 0.867. The number of nitrogens with one attached hydrogen (secondary N) is 1. The van der Waals surface area contributed by atoms with Gasteiger partial charge in [-0.3, -0.25) is 0 Å². The van der Waals surface area contributed by atoms with Crippen molar-refractivity contribution in [2.24, 2.45) is 0 Å². The zero-order valence-electron chi connectivity index (χ0n) is 13.2. The standard InChI is InChI=1S/C15H27N3O2/c1-5-16-14(2,3)13-17-12(18-20-13)15(19-4)10-8-6-7-9-11-15/h16H,5-11H2,1-4H3. The van der Waals surface area contributed by atoms with Gasteiger partial charge in [0.1, 0.15) is 5.60 Å². The summed E-state index contributed by atoms with van der Waals surface area (Å²) in [6.07, 6.45) is 6.80. The van der Waals surface area contributed by atoms with Crippen molar-refractivity contribution in [2.45, 2.75) is 70.4 Å². The number of nitrogens with zero attached hydrogens (tertiary/aromatic N) is 2. The third-order valence-electron chi connectivity index (χ3n) is 4.29. The Morgan fingerprint density at radius 1 is 1.25 bits per heavy atom. The van der Waals surface area contributed by atoms with Crippen molar-refractivity contribution in [2.75, 3.05) is 13.7 Å². The minimum atomic E-state index is -0.361. The summed E-state index contributed by atoms with van der Waals surface area (Å²) in [5.41, 5.74) is -0.666. The summed E-state index contributed by atoms with van der Waals surface area (Å²) < 4.78 is 11.3. The first-order valence-electron chi connectivity index (χ1n) is 7.69. The highest BCUT2D eigenvalue weighted by molar-refractivity contribution is 5.06. The quantitative estimate of drug-likeness (QED) is 0.840. The Bertz CT molecular complexity index is 421. The van der Waals surface area contributed by atoms with Gasteiger partial charge in [-0.05, 0) is 33.2 Å². The van der Waals surface area contributed by atoms with Gasteiger partial charge in [0.2, 0.25) is 11.7 Å². The monoisotopic (exact) mass is 281 g/mol. The van der Waals surface area contributed by atoms with Crippen molar-refractivity contribution in [1.29, 1.82) is 0 Å². The molecule has 0 aromatic carbocycles. The normalized spacial score (nSPS) is 19.8. The van der Waals surface area contributed by atoms with Crippen LogP contribution in [0.15, 0.2) is 4.52 Å². The maximum atomic E-state index is 5.83. The van der Waals surface area contributed by atoms with Crippen LogP contribution in [-0.4, -0.2) is 23.8 Å². The third kappa shape index (κ3) is 3.04. The summed E-state index contributed by atoms with van der Waals surface area (Å²) in [7, 11) is 1.76. The highest BCUT2D eigenvalue weighted by Crippen LogP contribution is 2.38. The smallest absolute Gasteiger partial charge is 0.246 e. The Kier molecular flexibility index (Phi) is 4.81. The Hall–Kier alpha value is -0.940. The SMILES string of the molecule is CCNC(C)(C)c1nc(C2(OC)CCCCCC2)no1. The largest absolute Gasteiger partial charge is 0.370 e. The van der Waals surface area contributed by atoms with Gasteiger partial charge in [0.25, 0.3) is 0 Å². The summed E-state index contributed by atoms with van der Waals surface area (Å²) in [5.74, 6) is 1.35. The van der Waals surface area contributed by atoms with Crippen LogP contribution in [0.5, 0.6) is 0 Å². The Labute approximate surface area is 121 Å². The first-order chi connectivity index (χ1) is 9.54. The van der Waals surface area contributed by atoms with E-state index in [9.17, 15) is 0 Å². The minimum absolute atomic E-state index is 0.306. The fourth-order valence-corrected chi connectivity index (χ4v) is 3.00. The highest BCUT2D eigenvalue weighted by Gasteiger charge is 2.39. The first-order valence-corrected chi connectivity index (χ1v) is 7.69. The zero-order chi connectivity index (χ0) is 14.6. The topological polar surface area (TPSA) is 60.2 Å². The summed E-state index contributed by atoms with van der Waals surface area (Å²) in [6, 6.07) is 0. The molecule has 0 saturated heterocycles. The number of hydrogen-bond acceptors (Lipinski definition) is 5. The van der Waals surface area contributed by atoms with Crippen LogP contribution in [0.1, 0.15) is 71.0 Å². The average Bonchev–Trinajstić information content (AvgIpc) is 2.80. The second-order valence-electron chi connectivity index (χ2n) is 6.19. The van der Waals surface area contributed by atoms with Crippen molar-refractivity contribution >= 4 is 0 Å². The van der Waals surface area contributed by atoms with Gasteiger partial charge in [-0.15, -0.1) is 0 Å². The molecule has 1 saturated carbocycles. The van der Waals surface area contributed by atoms with E-state index >= 15 is 0 Å². The van der Waals surface area contributed by atoms with E-state index in [1.165, 1.54) is 12.8 Å². The molecular formula is C15H27N3O2. The first kappa shape index (κ1) is 15.4. The zero-order valence-corrected chi connectivity index (χ0v) is 13.2. The van der Waals surface area contributed by atoms with Crippen LogP contribution in [-0.2, 0) is 15.9 Å². The van der Waals surface area contributed by atoms with E-state index in [0.29, 0.717) is 11.7 Å². The molecule has 0 atom stereocenters. The van der Waals surface area contributed by atoms with Crippen molar-refractivity contribution in [3.63, 3.8) is 0 Å². The number of hydrogen-bond donors (Lipinski definition) is 1. The van der Waals surface area contributed by atoms with Crippen LogP contribution in [0.4, 0.5) is 0 Å². The molecule has 1 fully saturated rings. The summed E-state index contributed by atoms with van der Waals surface area (Å²) >= 11 is 0. The van der Waals surface area contributed by atoms with Crippen LogP contribution in [0.25, 0.3) is 0 Å². The highest BCUT2D eigenvalue weighted by atomic mass is 16.5. The van der Waals surface area contributed by atoms with Crippen LogP contribution in [0.2, 0.25) is 0 Å². The van der Waals surface area contributed by atoms with Crippen molar-refractivity contribution < 1.29 is 9.26 Å². The van der Waals surface area contributed by atoms with Crippen LogP contribution >= 0.6 is 0 Å². The fourth-order valence-electron chi connectivity index (χ4n) is 3.00. The lowest BCUT2D eigenvalue weighted by Crippen LogP contribution is -2.37. The molecule has 114 valence electrons. The molecule has 1 heterocycles. The van der Waals surface area contributed by atoms with Gasteiger partial charge in [0.15, 0.2) is 0 Å². The molecule has 1 aliphatic carbocycles. The molecule has 0 unspecified atom stereocenters. The molecule has 0 aliphatic heterocycles. The molecule has 1 N–H and O–H groups in total. The molecule has 5 heteroatoms. The number of rotatable bonds is 5. The molecule has 2 rings (SSSR count). The van der Waals surface area contributed by atoms with Gasteiger partial charge in [-0.25, -0.2) is 0 Å². The molecule has 20 heavy (non-hydrogen) atoms. The van der Waals surface area contributed by atoms with Gasteiger partial charge < -0.3 is 14.6 Å². The molecule has 1 aliphatic rings. The van der Waals surface area contributed by atoms with Crippen LogP contribution < -0.4 is 5.32 Å². The second kappa shape index (κ2) is 6.22. The maximum Gasteiger partial charge on any atom is 0.246 e. The molecular weight excluding hydrogens is 254 g/mol. The van der Waals surface area contributed by atoms with Gasteiger partial charge in [-0.1, -0.05) is 37.8 Å². The Balaban J connectivity index is 2.25. The van der Waals surface area contributed by atoms with Crippen LogP contribution in [0, 0.1) is 0 Å². The van der Waals surface area contributed by atoms with Crippen LogP contribution in [0.3, 0.4) is 0 Å². The molecule has 0 amide bonds. The number of ether oxygens (including phenoxy) is 1. The van der Waals surface area contributed by atoms with E-state index in [0.717, 1.165) is 32.2 Å². The average molecular weight is 281 g/mol. The molecule has 1 aromatic heterocycles. The van der Waals surface area contributed by atoms with Crippen molar-refractivity contribution in [1.82, 2.24) is 15.5 Å². The van der Waals surface area contributed by atoms with Gasteiger partial charge in [0, 0.05) is 7.11 Å². The summed E-state index contributed by atoms with van der Waals surface area (Å²) in [6.45, 7) is 7.04. The minimum Gasteiger partial charge on any atom is -0.370 e. The van der Waals surface area contributed by atoms with Gasteiger partial charge >= 0.3 is 0 Å². The lowest BCUT2D eigenvalue weighted by molar-refractivity contribution is -0.0365. The third-order valence-corrected chi connectivity index (χ3v) is 4.29. The van der Waals surface area contributed by atoms with E-state index in [-0.39, 0.29) is 11.1 Å². The van der Waals surface area contributed by atoms with E-state index in [1.807, 2.05) is 0 Å². The molecule has 0 spiro atoms. The van der Waals surface area contributed by atoms with E-state index in [1.54, 1.807) is 7.11 Å². The Morgan fingerprint density at radius 3 is 2.45 bits per heavy atom. The van der Waals surface area contributed by atoms with Crippen molar-refractivity contribution in [3.05, 3.63) is 11.7 Å². The summed E-state index contributed by atoms with van der Waals surface area (Å²) in [5, 5.41) is 7.58.